The van der Waals surface area contributed by atoms with Crippen LogP contribution < -0.4 is 10.1 Å². The van der Waals surface area contributed by atoms with Crippen LogP contribution in [-0.2, 0) is 29.1 Å². The van der Waals surface area contributed by atoms with Gasteiger partial charge in [-0.1, -0.05) is 6.92 Å². The van der Waals surface area contributed by atoms with Gasteiger partial charge in [-0.2, -0.15) is 23.3 Å². The molecule has 14 heteroatoms. The Labute approximate surface area is 228 Å². The van der Waals surface area contributed by atoms with Crippen molar-refractivity contribution in [2.45, 2.75) is 57.9 Å². The largest absolute Gasteiger partial charge is 0.495 e. The van der Waals surface area contributed by atoms with Crippen LogP contribution in [0, 0.1) is 0 Å². The van der Waals surface area contributed by atoms with Crippen molar-refractivity contribution in [2.75, 3.05) is 32.6 Å². The molecule has 3 aromatic rings. The Morgan fingerprint density at radius 2 is 1.95 bits per heavy atom. The van der Waals surface area contributed by atoms with E-state index in [9.17, 15) is 18.0 Å². The van der Waals surface area contributed by atoms with Crippen molar-refractivity contribution in [1.29, 1.82) is 0 Å². The van der Waals surface area contributed by atoms with Crippen LogP contribution in [0.25, 0.3) is 11.0 Å². The number of carboxylic acid groups (broad SMARTS) is 1. The van der Waals surface area contributed by atoms with Crippen LogP contribution in [-0.4, -0.2) is 86.0 Å². The highest BCUT2D eigenvalue weighted by molar-refractivity contribution is 5.77. The van der Waals surface area contributed by atoms with Crippen molar-refractivity contribution in [2.24, 2.45) is 0 Å². The van der Waals surface area contributed by atoms with Gasteiger partial charge >= 0.3 is 12.1 Å². The summed E-state index contributed by atoms with van der Waals surface area (Å²) < 4.78 is 39.3. The minimum absolute atomic E-state index is 0.157. The van der Waals surface area contributed by atoms with Crippen LogP contribution in [0.5, 0.6) is 5.75 Å². The van der Waals surface area contributed by atoms with Gasteiger partial charge in [0.25, 0.3) is 0 Å². The van der Waals surface area contributed by atoms with Crippen molar-refractivity contribution >= 4 is 34.5 Å². The maximum Gasteiger partial charge on any atom is 0.490 e. The third kappa shape index (κ3) is 6.61. The van der Waals surface area contributed by atoms with Gasteiger partial charge in [0.15, 0.2) is 5.65 Å². The number of nitrogens with zero attached hydrogens (tertiary/aromatic N) is 6. The first-order valence-electron chi connectivity index (χ1n) is 12.9. The van der Waals surface area contributed by atoms with Crippen molar-refractivity contribution in [3.63, 3.8) is 0 Å². The normalized spacial score (nSPS) is 17.2. The number of carbonyl (C=O) groups excluding carboxylic acids is 1. The fourth-order valence-electron chi connectivity index (χ4n) is 4.93. The van der Waals surface area contributed by atoms with E-state index in [2.05, 4.69) is 39.5 Å². The number of fused-ring (bicyclic) bond motifs is 2. The number of benzene rings is 1. The molecule has 1 aromatic carbocycles. The molecule has 2 N–H and O–H groups in total. The summed E-state index contributed by atoms with van der Waals surface area (Å²) in [6, 6.07) is 4.42. The van der Waals surface area contributed by atoms with Crippen LogP contribution >= 0.6 is 0 Å². The number of rotatable bonds is 6. The fourth-order valence-corrected chi connectivity index (χ4v) is 4.93. The molecule has 5 rings (SSSR count). The number of likely N-dealkylation sites (tertiary alicyclic amines) is 1. The molecule has 0 spiro atoms. The average Bonchev–Trinajstić information content (AvgIpc) is 3.55. The third-order valence-electron chi connectivity index (χ3n) is 6.97. The predicted octanol–water partition coefficient (Wildman–Crippen LogP) is 3.60. The van der Waals surface area contributed by atoms with E-state index in [0.717, 1.165) is 61.4 Å². The zero-order valence-corrected chi connectivity index (χ0v) is 22.5. The van der Waals surface area contributed by atoms with Gasteiger partial charge < -0.3 is 25.0 Å². The number of carbonyl (C=O) groups is 2. The molecule has 2 aromatic heterocycles. The molecule has 216 valence electrons. The number of likely N-dealkylation sites (N-methyl/N-ethyl adjacent to an activating group) is 1. The molecule has 0 bridgehead atoms. The number of methoxy groups -OCH3 is 1. The van der Waals surface area contributed by atoms with Crippen molar-refractivity contribution in [3.05, 3.63) is 35.7 Å². The van der Waals surface area contributed by atoms with Gasteiger partial charge in [0.2, 0.25) is 11.9 Å². The molecular weight excluding hydrogens is 531 g/mol. The van der Waals surface area contributed by atoms with Gasteiger partial charge in [0.05, 0.1) is 37.0 Å². The first-order valence-corrected chi connectivity index (χ1v) is 12.9. The number of alkyl halides is 3. The maximum atomic E-state index is 12.3. The number of anilines is 2. The summed E-state index contributed by atoms with van der Waals surface area (Å²) >= 11 is 0. The van der Waals surface area contributed by atoms with Gasteiger partial charge in [0.1, 0.15) is 5.75 Å². The molecule has 1 amide bonds. The lowest BCUT2D eigenvalue weighted by molar-refractivity contribution is -0.192. The minimum atomic E-state index is -5.08. The molecule has 0 saturated carbocycles. The third-order valence-corrected chi connectivity index (χ3v) is 6.97. The maximum absolute atomic E-state index is 12.3. The Morgan fingerprint density at radius 1 is 1.20 bits per heavy atom. The Morgan fingerprint density at radius 3 is 2.62 bits per heavy atom. The zero-order valence-electron chi connectivity index (χ0n) is 22.5. The topological polar surface area (TPSA) is 126 Å². The molecule has 2 aliphatic rings. The highest BCUT2D eigenvalue weighted by atomic mass is 19.4. The Balaban J connectivity index is 0.000000470. The predicted molar refractivity (Wildman–Crippen MR) is 140 cm³/mol. The monoisotopic (exact) mass is 563 g/mol. The summed E-state index contributed by atoms with van der Waals surface area (Å²) in [5, 5.41) is 15.9. The van der Waals surface area contributed by atoms with Gasteiger partial charge in [-0.15, -0.1) is 0 Å². The molecule has 0 unspecified atom stereocenters. The Bertz CT molecular complexity index is 1380. The summed E-state index contributed by atoms with van der Waals surface area (Å²) in [6.07, 6.45) is 2.06. The molecule has 1 saturated heterocycles. The molecule has 0 aliphatic carbocycles. The standard InChI is InChI=1S/C24H31N7O2.C2HF3O2/c1-4-22(32)30-8-5-6-19(30)15-31-23-18(13-26-31)12-25-24(28-23)27-20-10-17-14-29(2)9-7-16(17)11-21(20)33-3;3-2(4,5)1(6)7/h10-13,19H,4-9,14-15H2,1-3H3,(H,25,27,28);(H,6,7)/t19-;/m0./s1. The van der Waals surface area contributed by atoms with Crippen LogP contribution in [0.2, 0.25) is 0 Å². The lowest BCUT2D eigenvalue weighted by Crippen LogP contribution is -2.37. The molecule has 40 heavy (non-hydrogen) atoms. The summed E-state index contributed by atoms with van der Waals surface area (Å²) in [6.45, 7) is 5.34. The van der Waals surface area contributed by atoms with Gasteiger partial charge in [-0.25, -0.2) is 14.5 Å². The van der Waals surface area contributed by atoms with E-state index in [1.54, 1.807) is 19.5 Å². The highest BCUT2D eigenvalue weighted by Gasteiger charge is 2.38. The second-order valence-electron chi connectivity index (χ2n) is 9.77. The van der Waals surface area contributed by atoms with E-state index in [1.807, 2.05) is 16.5 Å². The molecule has 4 heterocycles. The van der Waals surface area contributed by atoms with Crippen LogP contribution in [0.4, 0.5) is 24.8 Å². The number of nitrogens with one attached hydrogen (secondary N) is 1. The second-order valence-corrected chi connectivity index (χ2v) is 9.77. The summed E-state index contributed by atoms with van der Waals surface area (Å²) in [5.41, 5.74) is 4.24. The molecule has 2 aliphatic heterocycles. The first-order chi connectivity index (χ1) is 19.0. The van der Waals surface area contributed by atoms with Crippen LogP contribution in [0.1, 0.15) is 37.3 Å². The van der Waals surface area contributed by atoms with E-state index in [4.69, 9.17) is 19.6 Å². The number of amides is 1. The summed E-state index contributed by atoms with van der Waals surface area (Å²) in [5.74, 6) is -1.27. The Hall–Kier alpha value is -3.94. The minimum Gasteiger partial charge on any atom is -0.495 e. The lowest BCUT2D eigenvalue weighted by Gasteiger charge is -2.26. The number of hydrogen-bond acceptors (Lipinski definition) is 8. The SMILES string of the molecule is CCC(=O)N1CCC[C@H]1Cn1ncc2cnc(Nc3cc4c(cc3OC)CCN(C)C4)nc21.O=C(O)C(F)(F)F. The van der Waals surface area contributed by atoms with E-state index >= 15 is 0 Å². The number of aliphatic carboxylic acids is 1. The molecule has 1 atom stereocenters. The average molecular weight is 564 g/mol. The highest BCUT2D eigenvalue weighted by Crippen LogP contribution is 2.33. The number of aromatic nitrogens is 4. The van der Waals surface area contributed by atoms with E-state index in [1.165, 1.54) is 11.1 Å². The van der Waals surface area contributed by atoms with E-state index in [-0.39, 0.29) is 11.9 Å². The molecule has 11 nitrogen and oxygen atoms in total. The fraction of sp³-hybridized carbons (Fsp3) is 0.500. The molecular formula is C26H32F3N7O4. The zero-order chi connectivity index (χ0) is 29.0. The van der Waals surface area contributed by atoms with E-state index in [0.29, 0.717) is 18.9 Å². The number of ether oxygens (including phenoxy) is 1. The number of carboxylic acids is 1. The second kappa shape index (κ2) is 12.1. The van der Waals surface area contributed by atoms with Gasteiger partial charge in [0, 0.05) is 32.3 Å². The van der Waals surface area contributed by atoms with Gasteiger partial charge in [-0.3, -0.25) is 4.79 Å². The van der Waals surface area contributed by atoms with Crippen molar-refractivity contribution < 1.29 is 32.6 Å². The summed E-state index contributed by atoms with van der Waals surface area (Å²) in [4.78, 5) is 34.8. The van der Waals surface area contributed by atoms with Crippen molar-refractivity contribution in [1.82, 2.24) is 29.5 Å². The number of halogens is 3. The molecule has 0 radical (unpaired) electrons. The smallest absolute Gasteiger partial charge is 0.490 e. The lowest BCUT2D eigenvalue weighted by atomic mass is 9.99. The summed E-state index contributed by atoms with van der Waals surface area (Å²) in [7, 11) is 3.82. The Kier molecular flexibility index (Phi) is 8.76. The van der Waals surface area contributed by atoms with Gasteiger partial charge in [-0.05, 0) is 49.6 Å². The first kappa shape index (κ1) is 29.1. The van der Waals surface area contributed by atoms with Crippen molar-refractivity contribution in [3.8, 4) is 5.75 Å². The van der Waals surface area contributed by atoms with Crippen LogP contribution in [0.3, 0.4) is 0 Å². The van der Waals surface area contributed by atoms with E-state index < -0.39 is 12.1 Å². The van der Waals surface area contributed by atoms with Crippen LogP contribution in [0.15, 0.2) is 24.5 Å². The number of hydrogen-bond donors (Lipinski definition) is 2. The molecule has 1 fully saturated rings. The quantitative estimate of drug-likeness (QED) is 0.463.